The number of para-hydroxylation sites is 3. The van der Waals surface area contributed by atoms with Crippen LogP contribution in [-0.2, 0) is 6.54 Å². The van der Waals surface area contributed by atoms with E-state index in [1.54, 1.807) is 10.6 Å². The van der Waals surface area contributed by atoms with Gasteiger partial charge in [-0.05, 0) is 37.6 Å². The van der Waals surface area contributed by atoms with Gasteiger partial charge in [-0.3, -0.25) is 4.57 Å². The lowest BCUT2D eigenvalue weighted by Gasteiger charge is -2.06. The number of fused-ring (bicyclic) bond motifs is 1. The molecule has 2 aromatic carbocycles. The van der Waals surface area contributed by atoms with Gasteiger partial charge in [0.15, 0.2) is 5.58 Å². The number of rotatable bonds is 8. The van der Waals surface area contributed by atoms with Crippen molar-refractivity contribution < 1.29 is 13.6 Å². The van der Waals surface area contributed by atoms with E-state index in [1.165, 1.54) is 11.8 Å². The highest BCUT2D eigenvalue weighted by molar-refractivity contribution is 7.99. The molecule has 0 bridgehead atoms. The Morgan fingerprint density at radius 3 is 2.79 bits per heavy atom. The van der Waals surface area contributed by atoms with E-state index in [1.807, 2.05) is 49.4 Å². The van der Waals surface area contributed by atoms with Crippen LogP contribution in [0.15, 0.2) is 67.4 Å². The van der Waals surface area contributed by atoms with E-state index < -0.39 is 0 Å². The summed E-state index contributed by atoms with van der Waals surface area (Å²) in [6.45, 7) is 3.06. The van der Waals surface area contributed by atoms with Crippen molar-refractivity contribution in [2.75, 3.05) is 12.4 Å². The summed E-state index contributed by atoms with van der Waals surface area (Å²) >= 11 is 1.46. The summed E-state index contributed by atoms with van der Waals surface area (Å²) in [6, 6.07) is 15.0. The van der Waals surface area contributed by atoms with Crippen LogP contribution in [0, 0.1) is 0 Å². The second-order valence-electron chi connectivity index (χ2n) is 5.99. The van der Waals surface area contributed by atoms with Crippen molar-refractivity contribution in [2.24, 2.45) is 0 Å². The fourth-order valence-electron chi connectivity index (χ4n) is 2.91. The van der Waals surface area contributed by atoms with Gasteiger partial charge in [0.2, 0.25) is 0 Å². The average Bonchev–Trinajstić information content (AvgIpc) is 3.30. The molecule has 0 aliphatic heterocycles. The zero-order valence-electron chi connectivity index (χ0n) is 15.3. The quantitative estimate of drug-likeness (QED) is 0.325. The van der Waals surface area contributed by atoms with Crippen molar-refractivity contribution in [2.45, 2.75) is 25.1 Å². The van der Waals surface area contributed by atoms with E-state index in [0.717, 1.165) is 29.0 Å². The van der Waals surface area contributed by atoms with Crippen LogP contribution in [0.5, 0.6) is 5.75 Å². The summed E-state index contributed by atoms with van der Waals surface area (Å²) < 4.78 is 18.3. The van der Waals surface area contributed by atoms with Gasteiger partial charge in [-0.25, -0.2) is 4.79 Å². The zero-order valence-corrected chi connectivity index (χ0v) is 16.1. The van der Waals surface area contributed by atoms with E-state index in [0.29, 0.717) is 29.8 Å². The van der Waals surface area contributed by atoms with Crippen LogP contribution in [0.1, 0.15) is 13.3 Å². The highest BCUT2D eigenvalue weighted by Gasteiger charge is 2.14. The molecule has 144 valence electrons. The Bertz CT molecular complexity index is 1130. The summed E-state index contributed by atoms with van der Waals surface area (Å²) in [5, 5.41) is 8.72. The maximum absolute atomic E-state index is 12.0. The third-order valence-corrected chi connectivity index (χ3v) is 5.05. The number of hydrogen-bond donors (Lipinski definition) is 0. The fraction of sp³-hybridized carbons (Fsp3) is 0.250. The number of benzene rings is 2. The van der Waals surface area contributed by atoms with Crippen molar-refractivity contribution in [1.29, 1.82) is 0 Å². The highest BCUT2D eigenvalue weighted by atomic mass is 32.2. The molecule has 4 rings (SSSR count). The van der Waals surface area contributed by atoms with E-state index in [-0.39, 0.29) is 5.76 Å². The third-order valence-electron chi connectivity index (χ3n) is 4.15. The molecule has 0 fully saturated rings. The normalized spacial score (nSPS) is 11.2. The first kappa shape index (κ1) is 18.4. The molecule has 8 heteroatoms. The van der Waals surface area contributed by atoms with Crippen molar-refractivity contribution in [3.63, 3.8) is 0 Å². The number of hydrogen-bond acceptors (Lipinski definition) is 7. The molecular formula is C20H19N3O4S. The van der Waals surface area contributed by atoms with E-state index in [4.69, 9.17) is 13.6 Å². The van der Waals surface area contributed by atoms with Crippen LogP contribution in [-0.4, -0.2) is 27.1 Å². The summed E-state index contributed by atoms with van der Waals surface area (Å²) in [5.74, 6) is 1.56. The second kappa shape index (κ2) is 8.35. The number of thioether (sulfide) groups is 1. The lowest BCUT2D eigenvalue weighted by molar-refractivity contribution is 0.340. The summed E-state index contributed by atoms with van der Waals surface area (Å²) in [5.41, 5.74) is 2.19. The maximum Gasteiger partial charge on any atom is 0.419 e. The van der Waals surface area contributed by atoms with Gasteiger partial charge in [0.05, 0.1) is 17.7 Å². The van der Waals surface area contributed by atoms with Gasteiger partial charge in [0.25, 0.3) is 11.1 Å². The van der Waals surface area contributed by atoms with Crippen LogP contribution >= 0.6 is 11.8 Å². The van der Waals surface area contributed by atoms with Gasteiger partial charge in [-0.1, -0.05) is 36.0 Å². The van der Waals surface area contributed by atoms with Crippen molar-refractivity contribution in [1.82, 2.24) is 14.8 Å². The van der Waals surface area contributed by atoms with Gasteiger partial charge in [0, 0.05) is 12.3 Å². The van der Waals surface area contributed by atoms with Gasteiger partial charge in [0.1, 0.15) is 5.75 Å². The minimum absolute atomic E-state index is 0.334. The summed E-state index contributed by atoms with van der Waals surface area (Å²) in [4.78, 5) is 12.0. The lowest BCUT2D eigenvalue weighted by atomic mass is 10.2. The number of aryl methyl sites for hydroxylation is 1. The molecule has 0 spiro atoms. The molecule has 2 aromatic heterocycles. The molecule has 0 aliphatic carbocycles. The Balaban J connectivity index is 1.38. The van der Waals surface area contributed by atoms with Crippen molar-refractivity contribution in [3.8, 4) is 17.2 Å². The Labute approximate surface area is 165 Å². The number of nitrogens with zero attached hydrogens (tertiary/aromatic N) is 3. The molecule has 0 saturated heterocycles. The first-order valence-electron chi connectivity index (χ1n) is 9.03. The molecule has 0 saturated carbocycles. The number of ether oxygens (including phenoxy) is 1. The van der Waals surface area contributed by atoms with Crippen molar-refractivity contribution >= 4 is 22.9 Å². The second-order valence-corrected chi connectivity index (χ2v) is 7.04. The standard InChI is InChI=1S/C20H19N3O4S/c1-2-25-16-10-5-3-8-14(16)18-21-22-19(27-18)28-13-7-12-23-15-9-4-6-11-17(15)26-20(23)24/h3-6,8-11H,2,7,12-13H2,1H3. The van der Waals surface area contributed by atoms with Gasteiger partial charge in [-0.15, -0.1) is 10.2 Å². The lowest BCUT2D eigenvalue weighted by Crippen LogP contribution is -2.14. The van der Waals surface area contributed by atoms with E-state index in [9.17, 15) is 4.79 Å². The Hall–Kier alpha value is -3.00. The molecular weight excluding hydrogens is 378 g/mol. The molecule has 0 amide bonds. The SMILES string of the molecule is CCOc1ccccc1-c1nnc(SCCCn2c(=O)oc3ccccc32)o1. The fourth-order valence-corrected chi connectivity index (χ4v) is 3.59. The van der Waals surface area contributed by atoms with Crippen LogP contribution in [0.3, 0.4) is 0 Å². The Morgan fingerprint density at radius 2 is 1.89 bits per heavy atom. The zero-order chi connectivity index (χ0) is 19.3. The van der Waals surface area contributed by atoms with Crippen LogP contribution in [0.2, 0.25) is 0 Å². The van der Waals surface area contributed by atoms with E-state index >= 15 is 0 Å². The molecule has 4 aromatic rings. The van der Waals surface area contributed by atoms with Gasteiger partial charge in [-0.2, -0.15) is 0 Å². The minimum Gasteiger partial charge on any atom is -0.493 e. The maximum atomic E-state index is 12.0. The topological polar surface area (TPSA) is 83.3 Å². The average molecular weight is 397 g/mol. The highest BCUT2D eigenvalue weighted by Crippen LogP contribution is 2.30. The number of oxazole rings is 1. The van der Waals surface area contributed by atoms with Crippen LogP contribution < -0.4 is 10.5 Å². The van der Waals surface area contributed by atoms with Gasteiger partial charge >= 0.3 is 5.76 Å². The van der Waals surface area contributed by atoms with Crippen molar-refractivity contribution in [3.05, 3.63) is 59.1 Å². The largest absolute Gasteiger partial charge is 0.493 e. The molecule has 0 unspecified atom stereocenters. The smallest absolute Gasteiger partial charge is 0.419 e. The first-order chi connectivity index (χ1) is 13.8. The van der Waals surface area contributed by atoms with Gasteiger partial charge < -0.3 is 13.6 Å². The summed E-state index contributed by atoms with van der Waals surface area (Å²) in [6.07, 6.45) is 0.765. The van der Waals surface area contributed by atoms with Crippen LogP contribution in [0.25, 0.3) is 22.6 Å². The third kappa shape index (κ3) is 3.82. The minimum atomic E-state index is -0.334. The molecule has 0 radical (unpaired) electrons. The molecule has 7 nitrogen and oxygen atoms in total. The van der Waals surface area contributed by atoms with Crippen LogP contribution in [0.4, 0.5) is 0 Å². The molecule has 28 heavy (non-hydrogen) atoms. The molecule has 0 aliphatic rings. The predicted molar refractivity (Wildman–Crippen MR) is 107 cm³/mol. The van der Waals surface area contributed by atoms with E-state index in [2.05, 4.69) is 10.2 Å². The Kier molecular flexibility index (Phi) is 5.48. The molecule has 2 heterocycles. The molecule has 0 atom stereocenters. The Morgan fingerprint density at radius 1 is 1.07 bits per heavy atom. The monoisotopic (exact) mass is 397 g/mol. The summed E-state index contributed by atoms with van der Waals surface area (Å²) in [7, 11) is 0. The first-order valence-corrected chi connectivity index (χ1v) is 10.0. The number of aromatic nitrogens is 3. The predicted octanol–water partition coefficient (Wildman–Crippen LogP) is 4.23. The molecule has 0 N–H and O–H groups in total.